The van der Waals surface area contributed by atoms with Crippen molar-refractivity contribution in [2.24, 2.45) is 0 Å². The molecule has 1 aromatic heterocycles. The first-order valence-corrected chi connectivity index (χ1v) is 6.69. The molecule has 15 heavy (non-hydrogen) atoms. The van der Waals surface area contributed by atoms with E-state index in [4.69, 9.17) is 5.11 Å². The molecule has 0 saturated carbocycles. The van der Waals surface area contributed by atoms with E-state index in [1.807, 2.05) is 11.3 Å². The molecule has 1 aliphatic rings. The molecule has 2 N–H and O–H groups in total. The van der Waals surface area contributed by atoms with Crippen LogP contribution in [-0.4, -0.2) is 18.3 Å². The van der Waals surface area contributed by atoms with Crippen LogP contribution in [0.4, 0.5) is 0 Å². The third-order valence-corrected chi connectivity index (χ3v) is 4.14. The van der Waals surface area contributed by atoms with E-state index in [0.717, 1.165) is 6.54 Å². The fourth-order valence-corrected chi connectivity index (χ4v) is 3.34. The van der Waals surface area contributed by atoms with Gasteiger partial charge in [0.25, 0.3) is 0 Å². The quantitative estimate of drug-likeness (QED) is 0.607. The molecule has 0 radical (unpaired) electrons. The van der Waals surface area contributed by atoms with E-state index in [2.05, 4.69) is 10.7 Å². The van der Waals surface area contributed by atoms with Crippen LogP contribution in [-0.2, 0) is 19.4 Å². The Hall–Kier alpha value is -0.380. The van der Waals surface area contributed by atoms with Gasteiger partial charge < -0.3 is 10.4 Å². The summed E-state index contributed by atoms with van der Waals surface area (Å²) < 4.78 is 0. The minimum Gasteiger partial charge on any atom is -0.395 e. The first kappa shape index (κ1) is 11.1. The minimum atomic E-state index is 0.228. The highest BCUT2D eigenvalue weighted by Gasteiger charge is 2.13. The number of hydrogen-bond donors (Lipinski definition) is 2. The van der Waals surface area contributed by atoms with Gasteiger partial charge in [0.05, 0.1) is 6.61 Å². The lowest BCUT2D eigenvalue weighted by Crippen LogP contribution is -2.17. The molecule has 1 aliphatic carbocycles. The molecule has 0 saturated heterocycles. The molecule has 2 nitrogen and oxygen atoms in total. The van der Waals surface area contributed by atoms with E-state index >= 15 is 0 Å². The van der Waals surface area contributed by atoms with Crippen LogP contribution in [0.2, 0.25) is 0 Å². The Morgan fingerprint density at radius 3 is 3.00 bits per heavy atom. The molecule has 84 valence electrons. The van der Waals surface area contributed by atoms with E-state index in [-0.39, 0.29) is 6.61 Å². The average molecular weight is 225 g/mol. The fraction of sp³-hybridized carbons (Fsp3) is 0.667. The van der Waals surface area contributed by atoms with E-state index in [9.17, 15) is 0 Å². The number of fused-ring (bicyclic) bond motifs is 1. The molecule has 0 amide bonds. The molecule has 0 atom stereocenters. The maximum atomic E-state index is 8.72. The summed E-state index contributed by atoms with van der Waals surface area (Å²) in [7, 11) is 0. The number of aliphatic hydroxyl groups is 1. The highest BCUT2D eigenvalue weighted by atomic mass is 32.1. The van der Waals surface area contributed by atoms with Crippen molar-refractivity contribution < 1.29 is 5.11 Å². The summed E-state index contributed by atoms with van der Waals surface area (Å²) in [5, 5.41) is 14.3. The summed E-state index contributed by atoms with van der Waals surface area (Å²) in [5.74, 6) is 0. The molecular weight excluding hydrogens is 206 g/mol. The number of nitrogens with one attached hydrogen (secondary N) is 1. The lowest BCUT2D eigenvalue weighted by Gasteiger charge is -2.05. The zero-order valence-electron chi connectivity index (χ0n) is 9.09. The van der Waals surface area contributed by atoms with Crippen molar-refractivity contribution in [2.45, 2.75) is 38.6 Å². The van der Waals surface area contributed by atoms with Gasteiger partial charge in [-0.3, -0.25) is 0 Å². The van der Waals surface area contributed by atoms with Gasteiger partial charge in [-0.2, -0.15) is 0 Å². The van der Waals surface area contributed by atoms with Crippen LogP contribution < -0.4 is 5.32 Å². The summed E-state index contributed by atoms with van der Waals surface area (Å²) in [6.45, 7) is 1.85. The average Bonchev–Trinajstić information content (AvgIpc) is 2.50. The minimum absolute atomic E-state index is 0.228. The molecule has 0 fully saturated rings. The van der Waals surface area contributed by atoms with Crippen molar-refractivity contribution >= 4 is 11.3 Å². The Balaban J connectivity index is 2.01. The second-order valence-electron chi connectivity index (χ2n) is 4.12. The Kier molecular flexibility index (Phi) is 4.18. The predicted octanol–water partition coefficient (Wildman–Crippen LogP) is 2.10. The monoisotopic (exact) mass is 225 g/mol. The Labute approximate surface area is 95.3 Å². The van der Waals surface area contributed by atoms with Crippen LogP contribution in [0.3, 0.4) is 0 Å². The third kappa shape index (κ3) is 2.80. The normalized spacial score (nSPS) is 16.1. The van der Waals surface area contributed by atoms with Crippen LogP contribution in [0.5, 0.6) is 0 Å². The van der Waals surface area contributed by atoms with Crippen LogP contribution >= 0.6 is 11.3 Å². The Bertz CT molecular complexity index is 309. The van der Waals surface area contributed by atoms with Gasteiger partial charge in [-0.25, -0.2) is 0 Å². The first-order valence-electron chi connectivity index (χ1n) is 5.81. The summed E-state index contributed by atoms with van der Waals surface area (Å²) in [6.07, 6.45) is 6.62. The summed E-state index contributed by atoms with van der Waals surface area (Å²) in [6, 6.07) is 0. The standard InChI is InChI=1S/C12H19NOS/c14-7-6-13-8-10-9-15-12-5-3-1-2-4-11(10)12/h9,13-14H,1-8H2. The molecule has 1 heterocycles. The van der Waals surface area contributed by atoms with Crippen molar-refractivity contribution in [3.05, 3.63) is 21.4 Å². The van der Waals surface area contributed by atoms with Crippen molar-refractivity contribution in [1.29, 1.82) is 0 Å². The molecule has 0 unspecified atom stereocenters. The van der Waals surface area contributed by atoms with Gasteiger partial charge in [0, 0.05) is 18.0 Å². The van der Waals surface area contributed by atoms with Gasteiger partial charge in [-0.05, 0) is 42.2 Å². The molecule has 1 aromatic rings. The summed E-state index contributed by atoms with van der Waals surface area (Å²) >= 11 is 1.92. The van der Waals surface area contributed by atoms with E-state index < -0.39 is 0 Å². The van der Waals surface area contributed by atoms with E-state index in [1.54, 1.807) is 10.4 Å². The number of rotatable bonds is 4. The predicted molar refractivity (Wildman–Crippen MR) is 64.4 cm³/mol. The lowest BCUT2D eigenvalue weighted by molar-refractivity contribution is 0.292. The third-order valence-electron chi connectivity index (χ3n) is 3.00. The zero-order chi connectivity index (χ0) is 10.5. The van der Waals surface area contributed by atoms with E-state index in [1.165, 1.54) is 37.7 Å². The molecule has 0 aliphatic heterocycles. The van der Waals surface area contributed by atoms with Crippen molar-refractivity contribution in [1.82, 2.24) is 5.32 Å². The SMILES string of the molecule is OCCNCc1csc2c1CCCCC2. The number of hydrogen-bond acceptors (Lipinski definition) is 3. The van der Waals surface area contributed by atoms with E-state index in [0.29, 0.717) is 6.54 Å². The smallest absolute Gasteiger partial charge is 0.0556 e. The second kappa shape index (κ2) is 5.64. The van der Waals surface area contributed by atoms with Crippen molar-refractivity contribution in [3.8, 4) is 0 Å². The summed E-state index contributed by atoms with van der Waals surface area (Å²) in [4.78, 5) is 1.60. The van der Waals surface area contributed by atoms with Gasteiger partial charge in [-0.1, -0.05) is 6.42 Å². The largest absolute Gasteiger partial charge is 0.395 e. The molecular formula is C12H19NOS. The Morgan fingerprint density at radius 2 is 2.13 bits per heavy atom. The van der Waals surface area contributed by atoms with Crippen LogP contribution in [0, 0.1) is 0 Å². The highest BCUT2D eigenvalue weighted by molar-refractivity contribution is 7.10. The number of aryl methyl sites for hydroxylation is 1. The van der Waals surface area contributed by atoms with Gasteiger partial charge in [-0.15, -0.1) is 11.3 Å². The molecule has 0 spiro atoms. The molecule has 2 rings (SSSR count). The van der Waals surface area contributed by atoms with Gasteiger partial charge in [0.15, 0.2) is 0 Å². The van der Waals surface area contributed by atoms with Gasteiger partial charge in [0.2, 0.25) is 0 Å². The molecule has 0 bridgehead atoms. The molecule has 0 aromatic carbocycles. The van der Waals surface area contributed by atoms with Crippen LogP contribution in [0.25, 0.3) is 0 Å². The zero-order valence-corrected chi connectivity index (χ0v) is 9.91. The van der Waals surface area contributed by atoms with Crippen LogP contribution in [0.1, 0.15) is 35.3 Å². The van der Waals surface area contributed by atoms with Crippen molar-refractivity contribution in [2.75, 3.05) is 13.2 Å². The topological polar surface area (TPSA) is 32.3 Å². The number of thiophene rings is 1. The highest BCUT2D eigenvalue weighted by Crippen LogP contribution is 2.29. The van der Waals surface area contributed by atoms with Gasteiger partial charge >= 0.3 is 0 Å². The summed E-state index contributed by atoms with van der Waals surface area (Å²) in [5.41, 5.74) is 3.06. The maximum Gasteiger partial charge on any atom is 0.0556 e. The van der Waals surface area contributed by atoms with Gasteiger partial charge in [0.1, 0.15) is 0 Å². The van der Waals surface area contributed by atoms with Crippen LogP contribution in [0.15, 0.2) is 5.38 Å². The number of aliphatic hydroxyl groups excluding tert-OH is 1. The first-order chi connectivity index (χ1) is 7.42. The second-order valence-corrected chi connectivity index (χ2v) is 5.09. The molecule has 3 heteroatoms. The van der Waals surface area contributed by atoms with Crippen molar-refractivity contribution in [3.63, 3.8) is 0 Å². The fourth-order valence-electron chi connectivity index (χ4n) is 2.19. The maximum absolute atomic E-state index is 8.72. The lowest BCUT2D eigenvalue weighted by atomic mass is 10.1. The Morgan fingerprint density at radius 1 is 1.27 bits per heavy atom.